The molecule has 5 rings (SSSR count). The topological polar surface area (TPSA) is 56.4 Å². The molecule has 0 spiro atoms. The van der Waals surface area contributed by atoms with Crippen molar-refractivity contribution in [2.75, 3.05) is 13.6 Å². The number of likely N-dealkylation sites (N-methyl/N-ethyl adjacent to an activating group) is 1. The van der Waals surface area contributed by atoms with Gasteiger partial charge in [-0.15, -0.1) is 0 Å². The molecule has 1 saturated heterocycles. The van der Waals surface area contributed by atoms with Crippen molar-refractivity contribution >= 4 is 34.3 Å². The Hall–Kier alpha value is -2.63. The second kappa shape index (κ2) is 6.47. The number of para-hydroxylation sites is 1. The number of carbonyl (C=O) groups excluding carboxylic acids is 2. The van der Waals surface area contributed by atoms with Crippen LogP contribution in [0.5, 0.6) is 0 Å². The van der Waals surface area contributed by atoms with Gasteiger partial charge < -0.3 is 4.98 Å². The lowest BCUT2D eigenvalue weighted by Gasteiger charge is -2.39. The Morgan fingerprint density at radius 3 is 2.57 bits per heavy atom. The largest absolute Gasteiger partial charge is 0.357 e. The van der Waals surface area contributed by atoms with Crippen molar-refractivity contribution in [3.8, 4) is 0 Å². The molecule has 1 aromatic heterocycles. The number of fused-ring (bicyclic) bond motifs is 3. The van der Waals surface area contributed by atoms with Gasteiger partial charge in [-0.05, 0) is 29.7 Å². The van der Waals surface area contributed by atoms with Crippen LogP contribution in [-0.4, -0.2) is 46.2 Å². The monoisotopic (exact) mass is 393 g/mol. The Labute approximate surface area is 167 Å². The van der Waals surface area contributed by atoms with Crippen molar-refractivity contribution < 1.29 is 9.59 Å². The van der Waals surface area contributed by atoms with Gasteiger partial charge in [-0.25, -0.2) is 0 Å². The minimum atomic E-state index is -0.460. The zero-order chi connectivity index (χ0) is 19.4. The van der Waals surface area contributed by atoms with E-state index < -0.39 is 6.04 Å². The number of hydrogen-bond acceptors (Lipinski definition) is 3. The summed E-state index contributed by atoms with van der Waals surface area (Å²) in [7, 11) is 1.56. The number of H-pyrrole nitrogens is 1. The Morgan fingerprint density at radius 2 is 1.82 bits per heavy atom. The molecule has 0 aliphatic carbocycles. The smallest absolute Gasteiger partial charge is 0.246 e. The van der Waals surface area contributed by atoms with Gasteiger partial charge in [0.25, 0.3) is 0 Å². The highest BCUT2D eigenvalue weighted by Crippen LogP contribution is 2.42. The molecule has 5 nitrogen and oxygen atoms in total. The molecule has 0 saturated carbocycles. The summed E-state index contributed by atoms with van der Waals surface area (Å²) in [4.78, 5) is 31.9. The highest BCUT2D eigenvalue weighted by molar-refractivity contribution is 6.31. The van der Waals surface area contributed by atoms with E-state index in [1.54, 1.807) is 7.05 Å². The number of hydrogen-bond donors (Lipinski definition) is 1. The number of nitrogens with zero attached hydrogens (tertiary/aromatic N) is 2. The zero-order valence-electron chi connectivity index (χ0n) is 15.5. The fourth-order valence-electron chi connectivity index (χ4n) is 4.62. The zero-order valence-corrected chi connectivity index (χ0v) is 16.2. The summed E-state index contributed by atoms with van der Waals surface area (Å²) in [5.74, 6) is -0.267. The summed E-state index contributed by atoms with van der Waals surface area (Å²) in [6.45, 7) is 0.697. The van der Waals surface area contributed by atoms with Gasteiger partial charge in [-0.3, -0.25) is 19.4 Å². The normalized spacial score (nSPS) is 22.9. The molecule has 1 N–H and O–H groups in total. The van der Waals surface area contributed by atoms with Crippen LogP contribution in [-0.2, 0) is 16.0 Å². The quantitative estimate of drug-likeness (QED) is 0.678. The molecule has 2 aliphatic rings. The molecule has 2 amide bonds. The van der Waals surface area contributed by atoms with Gasteiger partial charge in [0, 0.05) is 35.2 Å². The molecule has 1 fully saturated rings. The maximum absolute atomic E-state index is 12.8. The predicted octanol–water partition coefficient (Wildman–Crippen LogP) is 3.53. The lowest BCUT2D eigenvalue weighted by Crippen LogP contribution is -2.47. The first-order valence-corrected chi connectivity index (χ1v) is 9.84. The second-order valence-electron chi connectivity index (χ2n) is 7.49. The molecule has 142 valence electrons. The number of imide groups is 1. The van der Waals surface area contributed by atoms with E-state index in [1.807, 2.05) is 36.4 Å². The van der Waals surface area contributed by atoms with Crippen LogP contribution in [0.25, 0.3) is 10.9 Å². The van der Waals surface area contributed by atoms with Crippen molar-refractivity contribution in [1.82, 2.24) is 14.8 Å². The van der Waals surface area contributed by atoms with Crippen LogP contribution in [0.4, 0.5) is 0 Å². The predicted molar refractivity (Wildman–Crippen MR) is 108 cm³/mol. The van der Waals surface area contributed by atoms with Crippen LogP contribution < -0.4 is 0 Å². The average Bonchev–Trinajstić information content (AvgIpc) is 3.20. The summed E-state index contributed by atoms with van der Waals surface area (Å²) < 4.78 is 0. The van der Waals surface area contributed by atoms with Crippen LogP contribution in [0.15, 0.2) is 48.5 Å². The third kappa shape index (κ3) is 2.50. The summed E-state index contributed by atoms with van der Waals surface area (Å²) in [6, 6.07) is 15.3. The van der Waals surface area contributed by atoms with Crippen LogP contribution >= 0.6 is 11.6 Å². The van der Waals surface area contributed by atoms with Crippen molar-refractivity contribution in [1.29, 1.82) is 0 Å². The molecular weight excluding hydrogens is 374 g/mol. The summed E-state index contributed by atoms with van der Waals surface area (Å²) >= 11 is 6.59. The van der Waals surface area contributed by atoms with Crippen LogP contribution in [0.3, 0.4) is 0 Å². The second-order valence-corrected chi connectivity index (χ2v) is 7.89. The molecule has 0 unspecified atom stereocenters. The molecule has 6 heteroatoms. The summed E-state index contributed by atoms with van der Waals surface area (Å²) in [5, 5.41) is 1.87. The van der Waals surface area contributed by atoms with Gasteiger partial charge in [-0.1, -0.05) is 48.0 Å². The maximum atomic E-state index is 12.8. The van der Waals surface area contributed by atoms with E-state index in [1.165, 1.54) is 15.8 Å². The standard InChI is InChI=1S/C22H20ClN3O2/c1-25-19(27)12-18(22(25)28)26-11-10-14-13-6-3-5-9-17(13)24-20(14)21(26)15-7-2-4-8-16(15)23/h2-9,18,21,24H,10-12H2,1H3/t18-,21-/m0/s1. The number of aromatic amines is 1. The van der Waals surface area contributed by atoms with Gasteiger partial charge in [0.05, 0.1) is 18.5 Å². The highest BCUT2D eigenvalue weighted by atomic mass is 35.5. The van der Waals surface area contributed by atoms with E-state index in [0.29, 0.717) is 11.6 Å². The number of benzene rings is 2. The molecule has 3 aromatic rings. The van der Waals surface area contributed by atoms with Gasteiger partial charge in [0.2, 0.25) is 11.8 Å². The first kappa shape index (κ1) is 17.5. The van der Waals surface area contributed by atoms with E-state index in [2.05, 4.69) is 22.0 Å². The Balaban J connectivity index is 1.69. The van der Waals surface area contributed by atoms with Crippen LogP contribution in [0, 0.1) is 0 Å². The molecule has 2 aliphatic heterocycles. The summed E-state index contributed by atoms with van der Waals surface area (Å²) in [5.41, 5.74) is 4.36. The van der Waals surface area contributed by atoms with Crippen molar-refractivity contribution in [2.24, 2.45) is 0 Å². The molecule has 3 heterocycles. The highest BCUT2D eigenvalue weighted by Gasteiger charge is 2.45. The first-order chi connectivity index (χ1) is 13.6. The van der Waals surface area contributed by atoms with Gasteiger partial charge in [-0.2, -0.15) is 0 Å². The summed E-state index contributed by atoms with van der Waals surface area (Å²) in [6.07, 6.45) is 1.04. The molecule has 28 heavy (non-hydrogen) atoms. The number of amides is 2. The van der Waals surface area contributed by atoms with E-state index in [-0.39, 0.29) is 24.3 Å². The van der Waals surface area contributed by atoms with E-state index in [0.717, 1.165) is 23.2 Å². The van der Waals surface area contributed by atoms with Gasteiger partial charge in [0.1, 0.15) is 0 Å². The van der Waals surface area contributed by atoms with E-state index in [9.17, 15) is 9.59 Å². The first-order valence-electron chi connectivity index (χ1n) is 9.46. The van der Waals surface area contributed by atoms with Crippen LogP contribution in [0.2, 0.25) is 5.02 Å². The fourth-order valence-corrected chi connectivity index (χ4v) is 4.86. The van der Waals surface area contributed by atoms with Crippen LogP contribution in [0.1, 0.15) is 29.3 Å². The SMILES string of the molecule is CN1C(=O)C[C@H](N2CCc3c([nH]c4ccccc34)[C@@H]2c2ccccc2Cl)C1=O. The molecular formula is C22H20ClN3O2. The van der Waals surface area contributed by atoms with E-state index in [4.69, 9.17) is 11.6 Å². The Bertz CT molecular complexity index is 1110. The van der Waals surface area contributed by atoms with E-state index >= 15 is 0 Å². The maximum Gasteiger partial charge on any atom is 0.246 e. The molecule has 2 atom stereocenters. The Morgan fingerprint density at radius 1 is 1.07 bits per heavy atom. The third-order valence-electron chi connectivity index (χ3n) is 6.03. The van der Waals surface area contributed by atoms with Crippen molar-refractivity contribution in [3.63, 3.8) is 0 Å². The van der Waals surface area contributed by atoms with Gasteiger partial charge >= 0.3 is 0 Å². The third-order valence-corrected chi connectivity index (χ3v) is 6.37. The van der Waals surface area contributed by atoms with Crippen molar-refractivity contribution in [2.45, 2.75) is 24.9 Å². The number of nitrogens with one attached hydrogen (secondary N) is 1. The average molecular weight is 394 g/mol. The molecule has 0 bridgehead atoms. The molecule has 2 aromatic carbocycles. The minimum absolute atomic E-state index is 0.129. The Kier molecular flexibility index (Phi) is 4.03. The molecule has 0 radical (unpaired) electrons. The number of aromatic nitrogens is 1. The number of rotatable bonds is 2. The lowest BCUT2D eigenvalue weighted by atomic mass is 9.90. The number of carbonyl (C=O) groups is 2. The minimum Gasteiger partial charge on any atom is -0.357 e. The number of likely N-dealkylation sites (tertiary alicyclic amines) is 1. The van der Waals surface area contributed by atoms with Crippen molar-refractivity contribution in [3.05, 3.63) is 70.4 Å². The number of halogens is 1. The fraction of sp³-hybridized carbons (Fsp3) is 0.273. The lowest BCUT2D eigenvalue weighted by molar-refractivity contribution is -0.138. The van der Waals surface area contributed by atoms with Gasteiger partial charge in [0.15, 0.2) is 0 Å².